The van der Waals surface area contributed by atoms with E-state index in [1.54, 1.807) is 12.1 Å². The topological polar surface area (TPSA) is 68.6 Å². The van der Waals surface area contributed by atoms with Gasteiger partial charge in [-0.25, -0.2) is 8.42 Å². The zero-order valence-electron chi connectivity index (χ0n) is 17.4. The molecule has 3 aromatic carbocycles. The van der Waals surface area contributed by atoms with Crippen molar-refractivity contribution < 1.29 is 17.9 Å². The number of hydrogen-bond donors (Lipinski definition) is 0. The third-order valence-electron chi connectivity index (χ3n) is 5.28. The lowest BCUT2D eigenvalue weighted by Gasteiger charge is -2.24. The molecule has 4 aromatic rings. The van der Waals surface area contributed by atoms with Crippen LogP contribution < -0.4 is 4.31 Å². The van der Waals surface area contributed by atoms with Crippen molar-refractivity contribution in [1.29, 1.82) is 0 Å². The van der Waals surface area contributed by atoms with E-state index in [-0.39, 0.29) is 14.9 Å². The van der Waals surface area contributed by atoms with E-state index in [0.717, 1.165) is 32.7 Å². The van der Waals surface area contributed by atoms with Crippen LogP contribution in [0.15, 0.2) is 65.6 Å². The fourth-order valence-electron chi connectivity index (χ4n) is 3.84. The second kappa shape index (κ2) is 8.65. The van der Waals surface area contributed by atoms with Gasteiger partial charge in [-0.2, -0.15) is 0 Å². The number of para-hydroxylation sites is 1. The summed E-state index contributed by atoms with van der Waals surface area (Å²) in [6.07, 6.45) is 0. The number of anilines is 1. The number of fused-ring (bicyclic) bond motifs is 3. The van der Waals surface area contributed by atoms with E-state index in [1.807, 2.05) is 30.3 Å². The molecule has 1 aromatic heterocycles. The molecule has 0 aliphatic heterocycles. The number of sulfonamides is 1. The maximum Gasteiger partial charge on any atom is 0.326 e. The molecular formula is C23H20Cl2N2O4S. The van der Waals surface area contributed by atoms with Crippen molar-refractivity contribution in [3.63, 3.8) is 0 Å². The molecule has 0 radical (unpaired) electrons. The molecule has 0 atom stereocenters. The van der Waals surface area contributed by atoms with Gasteiger partial charge >= 0.3 is 5.97 Å². The fraction of sp³-hybridized carbons (Fsp3) is 0.174. The molecule has 0 N–H and O–H groups in total. The van der Waals surface area contributed by atoms with Gasteiger partial charge in [0.1, 0.15) is 6.54 Å². The molecule has 6 nitrogen and oxygen atoms in total. The molecule has 0 saturated heterocycles. The van der Waals surface area contributed by atoms with Gasteiger partial charge in [0.15, 0.2) is 0 Å². The van der Waals surface area contributed by atoms with Crippen LogP contribution in [0.3, 0.4) is 0 Å². The summed E-state index contributed by atoms with van der Waals surface area (Å²) in [4.78, 5) is 12.0. The molecule has 9 heteroatoms. The average molecular weight is 491 g/mol. The van der Waals surface area contributed by atoms with E-state index in [2.05, 4.69) is 11.5 Å². The Morgan fingerprint density at radius 2 is 1.62 bits per heavy atom. The quantitative estimate of drug-likeness (QED) is 0.335. The number of rotatable bonds is 6. The molecule has 0 spiro atoms. The zero-order chi connectivity index (χ0) is 23.0. The average Bonchev–Trinajstić information content (AvgIpc) is 3.09. The molecule has 32 heavy (non-hydrogen) atoms. The van der Waals surface area contributed by atoms with E-state index >= 15 is 0 Å². The molecule has 0 saturated carbocycles. The molecule has 0 aliphatic carbocycles. The molecule has 0 fully saturated rings. The summed E-state index contributed by atoms with van der Waals surface area (Å²) < 4.78 is 35.0. The highest BCUT2D eigenvalue weighted by Crippen LogP contribution is 2.34. The summed E-state index contributed by atoms with van der Waals surface area (Å²) in [5.74, 6) is -0.696. The van der Waals surface area contributed by atoms with Crippen molar-refractivity contribution >= 4 is 66.7 Å². The van der Waals surface area contributed by atoms with Gasteiger partial charge in [-0.05, 0) is 49.4 Å². The van der Waals surface area contributed by atoms with Crippen molar-refractivity contribution in [2.45, 2.75) is 18.4 Å². The number of aromatic nitrogens is 1. The van der Waals surface area contributed by atoms with Crippen LogP contribution in [0.5, 0.6) is 0 Å². The number of esters is 1. The van der Waals surface area contributed by atoms with Crippen LogP contribution in [0.2, 0.25) is 10.0 Å². The number of nitrogens with zero attached hydrogens (tertiary/aromatic N) is 2. The van der Waals surface area contributed by atoms with Crippen LogP contribution >= 0.6 is 23.2 Å². The Balaban J connectivity index is 1.94. The third-order valence-corrected chi connectivity index (χ3v) is 7.47. The minimum Gasteiger partial charge on any atom is -0.468 e. The number of halogens is 2. The number of ether oxygens (including phenoxy) is 1. The lowest BCUT2D eigenvalue weighted by molar-refractivity contribution is -0.138. The lowest BCUT2D eigenvalue weighted by Crippen LogP contribution is -2.36. The SMILES string of the molecule is CCn1c2ccccc2c2cc(N(CC(=O)OC)S(=O)(=O)c3cc(Cl)cc(Cl)c3)ccc21. The molecule has 0 unspecified atom stereocenters. The monoisotopic (exact) mass is 490 g/mol. The lowest BCUT2D eigenvalue weighted by atomic mass is 10.1. The Labute approximate surface area is 195 Å². The van der Waals surface area contributed by atoms with Gasteiger partial charge in [-0.15, -0.1) is 0 Å². The maximum absolute atomic E-state index is 13.5. The standard InChI is InChI=1S/C23H20Cl2N2O4S/c1-3-26-21-7-5-4-6-19(21)20-13-17(8-9-22(20)26)27(14-23(28)31-2)32(29,30)18-11-15(24)10-16(25)12-18/h4-13H,3,14H2,1-2H3. The summed E-state index contributed by atoms with van der Waals surface area (Å²) in [5.41, 5.74) is 2.35. The van der Waals surface area contributed by atoms with Gasteiger partial charge in [-0.1, -0.05) is 41.4 Å². The van der Waals surface area contributed by atoms with E-state index in [9.17, 15) is 13.2 Å². The molecule has 4 rings (SSSR count). The molecule has 0 bridgehead atoms. The minimum absolute atomic E-state index is 0.116. The normalized spacial score (nSPS) is 11.8. The van der Waals surface area contributed by atoms with Gasteiger partial charge in [0.05, 0.1) is 17.7 Å². The second-order valence-electron chi connectivity index (χ2n) is 7.16. The molecular weight excluding hydrogens is 471 g/mol. The third kappa shape index (κ3) is 3.92. The summed E-state index contributed by atoms with van der Waals surface area (Å²) in [6, 6.07) is 17.3. The Bertz CT molecular complexity index is 1430. The molecule has 1 heterocycles. The van der Waals surface area contributed by atoms with Crippen molar-refractivity contribution in [3.05, 3.63) is 70.7 Å². The van der Waals surface area contributed by atoms with Crippen LogP contribution in [-0.2, 0) is 26.1 Å². The summed E-state index contributed by atoms with van der Waals surface area (Å²) in [5, 5.41) is 2.23. The van der Waals surface area contributed by atoms with Gasteiger partial charge < -0.3 is 9.30 Å². The van der Waals surface area contributed by atoms with Gasteiger partial charge in [0, 0.05) is 38.4 Å². The first-order valence-corrected chi connectivity index (χ1v) is 12.0. The second-order valence-corrected chi connectivity index (χ2v) is 9.89. The van der Waals surface area contributed by atoms with E-state index < -0.39 is 22.5 Å². The fourth-order valence-corrected chi connectivity index (χ4v) is 5.97. The predicted molar refractivity (Wildman–Crippen MR) is 128 cm³/mol. The van der Waals surface area contributed by atoms with Crippen molar-refractivity contribution in [2.24, 2.45) is 0 Å². The Morgan fingerprint density at radius 1 is 0.969 bits per heavy atom. The zero-order valence-corrected chi connectivity index (χ0v) is 19.7. The summed E-state index contributed by atoms with van der Waals surface area (Å²) in [6.45, 7) is 2.31. The first-order valence-electron chi connectivity index (χ1n) is 9.83. The maximum atomic E-state index is 13.5. The highest BCUT2D eigenvalue weighted by atomic mass is 35.5. The molecule has 0 aliphatic rings. The predicted octanol–water partition coefficient (Wildman–Crippen LogP) is 5.49. The number of carbonyl (C=O) groups excluding carboxylic acids is 1. The van der Waals surface area contributed by atoms with Crippen LogP contribution in [-0.4, -0.2) is 32.6 Å². The number of carbonyl (C=O) groups is 1. The Kier molecular flexibility index (Phi) is 6.07. The molecule has 0 amide bonds. The van der Waals surface area contributed by atoms with Crippen LogP contribution in [0.25, 0.3) is 21.8 Å². The number of aryl methyl sites for hydroxylation is 1. The van der Waals surface area contributed by atoms with Gasteiger partial charge in [-0.3, -0.25) is 9.10 Å². The largest absolute Gasteiger partial charge is 0.468 e. The van der Waals surface area contributed by atoms with E-state index in [4.69, 9.17) is 27.9 Å². The van der Waals surface area contributed by atoms with Crippen LogP contribution in [0.1, 0.15) is 6.92 Å². The summed E-state index contributed by atoms with van der Waals surface area (Å²) >= 11 is 12.1. The minimum atomic E-state index is -4.17. The molecule has 166 valence electrons. The van der Waals surface area contributed by atoms with Crippen molar-refractivity contribution in [3.8, 4) is 0 Å². The van der Waals surface area contributed by atoms with Crippen LogP contribution in [0, 0.1) is 0 Å². The number of hydrogen-bond acceptors (Lipinski definition) is 4. The number of methoxy groups -OCH3 is 1. The van der Waals surface area contributed by atoms with Crippen molar-refractivity contribution in [2.75, 3.05) is 18.0 Å². The van der Waals surface area contributed by atoms with E-state index in [0.29, 0.717) is 5.69 Å². The summed E-state index contributed by atoms with van der Waals surface area (Å²) in [7, 11) is -2.96. The first-order chi connectivity index (χ1) is 15.3. The van der Waals surface area contributed by atoms with Gasteiger partial charge in [0.2, 0.25) is 0 Å². The number of benzene rings is 3. The Morgan fingerprint density at radius 3 is 2.28 bits per heavy atom. The van der Waals surface area contributed by atoms with Crippen LogP contribution in [0.4, 0.5) is 5.69 Å². The van der Waals surface area contributed by atoms with Gasteiger partial charge in [0.25, 0.3) is 10.0 Å². The Hall–Kier alpha value is -2.74. The highest BCUT2D eigenvalue weighted by molar-refractivity contribution is 7.92. The first kappa shape index (κ1) is 22.5. The smallest absolute Gasteiger partial charge is 0.326 e. The van der Waals surface area contributed by atoms with E-state index in [1.165, 1.54) is 25.3 Å². The highest BCUT2D eigenvalue weighted by Gasteiger charge is 2.29. The van der Waals surface area contributed by atoms with Crippen molar-refractivity contribution in [1.82, 2.24) is 4.57 Å².